The minimum atomic E-state index is -0.313. The van der Waals surface area contributed by atoms with E-state index in [2.05, 4.69) is 22.8 Å². The van der Waals surface area contributed by atoms with Crippen molar-refractivity contribution in [2.75, 3.05) is 26.7 Å². The molecule has 2 aliphatic rings. The highest BCUT2D eigenvalue weighted by Gasteiger charge is 2.37. The maximum absolute atomic E-state index is 12.2. The SMILES string of the molecule is COc1ccc(C2(CNC(=O)N3CCNC3=O)CCCC2)cc1. The first-order chi connectivity index (χ1) is 11.1. The van der Waals surface area contributed by atoms with E-state index in [1.165, 1.54) is 10.5 Å². The molecule has 1 aliphatic heterocycles. The number of imide groups is 1. The lowest BCUT2D eigenvalue weighted by Crippen LogP contribution is -2.46. The van der Waals surface area contributed by atoms with Gasteiger partial charge in [-0.1, -0.05) is 25.0 Å². The summed E-state index contributed by atoms with van der Waals surface area (Å²) in [5.74, 6) is 0.833. The van der Waals surface area contributed by atoms with E-state index in [1.54, 1.807) is 7.11 Å². The van der Waals surface area contributed by atoms with Crippen LogP contribution in [0.15, 0.2) is 24.3 Å². The molecule has 0 unspecified atom stereocenters. The van der Waals surface area contributed by atoms with Gasteiger partial charge >= 0.3 is 12.1 Å². The molecule has 2 N–H and O–H groups in total. The van der Waals surface area contributed by atoms with Crippen molar-refractivity contribution in [1.82, 2.24) is 15.5 Å². The van der Waals surface area contributed by atoms with Gasteiger partial charge in [-0.25, -0.2) is 14.5 Å². The van der Waals surface area contributed by atoms with Crippen LogP contribution >= 0.6 is 0 Å². The van der Waals surface area contributed by atoms with E-state index >= 15 is 0 Å². The second-order valence-electron chi connectivity index (χ2n) is 6.26. The third-order valence-electron chi connectivity index (χ3n) is 4.94. The standard InChI is InChI=1S/C17H23N3O3/c1-23-14-6-4-13(5-7-14)17(8-2-3-9-17)12-19-16(22)20-11-10-18-15(20)21/h4-7H,2-3,8-12H2,1H3,(H,18,21)(H,19,22). The zero-order chi connectivity index (χ0) is 16.3. The molecule has 1 saturated heterocycles. The van der Waals surface area contributed by atoms with Gasteiger partial charge in [-0.15, -0.1) is 0 Å². The number of hydrogen-bond donors (Lipinski definition) is 2. The van der Waals surface area contributed by atoms with Crippen molar-refractivity contribution < 1.29 is 14.3 Å². The van der Waals surface area contributed by atoms with Crippen LogP contribution in [0.1, 0.15) is 31.2 Å². The van der Waals surface area contributed by atoms with Crippen LogP contribution in [0.25, 0.3) is 0 Å². The largest absolute Gasteiger partial charge is 0.497 e. The lowest BCUT2D eigenvalue weighted by atomic mass is 9.79. The van der Waals surface area contributed by atoms with Crippen LogP contribution in [0.2, 0.25) is 0 Å². The summed E-state index contributed by atoms with van der Waals surface area (Å²) in [6.45, 7) is 1.51. The van der Waals surface area contributed by atoms with Crippen LogP contribution in [0.3, 0.4) is 0 Å². The summed E-state index contributed by atoms with van der Waals surface area (Å²) in [6.07, 6.45) is 4.41. The highest BCUT2D eigenvalue weighted by atomic mass is 16.5. The molecular formula is C17H23N3O3. The normalized spacial score (nSPS) is 19.5. The number of nitrogens with one attached hydrogen (secondary N) is 2. The molecule has 0 bridgehead atoms. The number of rotatable bonds is 4. The summed E-state index contributed by atoms with van der Waals surface area (Å²) < 4.78 is 5.22. The van der Waals surface area contributed by atoms with E-state index in [9.17, 15) is 9.59 Å². The number of carbonyl (C=O) groups is 2. The molecule has 0 atom stereocenters. The van der Waals surface area contributed by atoms with Crippen molar-refractivity contribution in [2.24, 2.45) is 0 Å². The summed E-state index contributed by atoms with van der Waals surface area (Å²) in [7, 11) is 1.65. The van der Waals surface area contributed by atoms with Crippen molar-refractivity contribution in [3.63, 3.8) is 0 Å². The number of nitrogens with zero attached hydrogens (tertiary/aromatic N) is 1. The summed E-state index contributed by atoms with van der Waals surface area (Å²) >= 11 is 0. The lowest BCUT2D eigenvalue weighted by molar-refractivity contribution is 0.196. The van der Waals surface area contributed by atoms with E-state index in [-0.39, 0.29) is 17.5 Å². The zero-order valence-electron chi connectivity index (χ0n) is 13.4. The van der Waals surface area contributed by atoms with E-state index in [0.29, 0.717) is 19.6 Å². The molecule has 1 aliphatic carbocycles. The van der Waals surface area contributed by atoms with Crippen LogP contribution < -0.4 is 15.4 Å². The van der Waals surface area contributed by atoms with Crippen LogP contribution in [0.5, 0.6) is 5.75 Å². The number of hydrogen-bond acceptors (Lipinski definition) is 3. The fourth-order valence-corrected chi connectivity index (χ4v) is 3.57. The maximum Gasteiger partial charge on any atom is 0.325 e. The van der Waals surface area contributed by atoms with Crippen LogP contribution in [0, 0.1) is 0 Å². The molecule has 23 heavy (non-hydrogen) atoms. The Morgan fingerprint density at radius 3 is 2.57 bits per heavy atom. The van der Waals surface area contributed by atoms with Gasteiger partial charge in [-0.3, -0.25) is 0 Å². The zero-order valence-corrected chi connectivity index (χ0v) is 13.4. The molecule has 1 aromatic rings. The summed E-state index contributed by atoms with van der Waals surface area (Å²) in [4.78, 5) is 25.0. The first kappa shape index (κ1) is 15.6. The van der Waals surface area contributed by atoms with Crippen LogP contribution in [0.4, 0.5) is 9.59 Å². The number of methoxy groups -OCH3 is 1. The fourth-order valence-electron chi connectivity index (χ4n) is 3.57. The smallest absolute Gasteiger partial charge is 0.325 e. The van der Waals surface area contributed by atoms with Gasteiger partial charge in [0.1, 0.15) is 5.75 Å². The Bertz CT molecular complexity index is 579. The van der Waals surface area contributed by atoms with Crippen molar-refractivity contribution in [3.8, 4) is 5.75 Å². The molecule has 4 amide bonds. The summed E-state index contributed by atoms with van der Waals surface area (Å²) in [6, 6.07) is 7.47. The highest BCUT2D eigenvalue weighted by Crippen LogP contribution is 2.41. The van der Waals surface area contributed by atoms with Crippen molar-refractivity contribution >= 4 is 12.1 Å². The maximum atomic E-state index is 12.2. The molecule has 1 heterocycles. The minimum absolute atomic E-state index is 0.0435. The molecule has 1 saturated carbocycles. The minimum Gasteiger partial charge on any atom is -0.497 e. The van der Waals surface area contributed by atoms with Crippen molar-refractivity contribution in [2.45, 2.75) is 31.1 Å². The van der Waals surface area contributed by atoms with Gasteiger partial charge in [0.25, 0.3) is 0 Å². The summed E-state index contributed by atoms with van der Waals surface area (Å²) in [5.41, 5.74) is 1.18. The Hall–Kier alpha value is -2.24. The molecule has 0 aromatic heterocycles. The predicted octanol–water partition coefficient (Wildman–Crippen LogP) is 2.24. The quantitative estimate of drug-likeness (QED) is 0.895. The number of carbonyl (C=O) groups excluding carboxylic acids is 2. The number of amides is 4. The number of ether oxygens (including phenoxy) is 1. The molecule has 0 spiro atoms. The van der Waals surface area contributed by atoms with E-state index < -0.39 is 0 Å². The first-order valence-electron chi connectivity index (χ1n) is 8.12. The molecule has 2 fully saturated rings. The number of urea groups is 2. The molecule has 124 valence electrons. The Balaban J connectivity index is 1.70. The van der Waals surface area contributed by atoms with Crippen LogP contribution in [-0.4, -0.2) is 43.7 Å². The summed E-state index contributed by atoms with van der Waals surface area (Å²) in [5, 5.41) is 5.60. The first-order valence-corrected chi connectivity index (χ1v) is 8.12. The Kier molecular flexibility index (Phi) is 4.41. The van der Waals surface area contributed by atoms with Gasteiger partial charge in [0.05, 0.1) is 7.11 Å². The van der Waals surface area contributed by atoms with Gasteiger partial charge in [-0.05, 0) is 30.5 Å². The van der Waals surface area contributed by atoms with Gasteiger partial charge in [-0.2, -0.15) is 0 Å². The van der Waals surface area contributed by atoms with Gasteiger partial charge < -0.3 is 15.4 Å². The second-order valence-corrected chi connectivity index (χ2v) is 6.26. The fraction of sp³-hybridized carbons (Fsp3) is 0.529. The average molecular weight is 317 g/mol. The highest BCUT2D eigenvalue weighted by molar-refractivity contribution is 5.94. The Morgan fingerprint density at radius 1 is 1.30 bits per heavy atom. The molecular weight excluding hydrogens is 294 g/mol. The Labute approximate surface area is 136 Å². The second kappa shape index (κ2) is 6.48. The topological polar surface area (TPSA) is 70.7 Å². The average Bonchev–Trinajstić information content (AvgIpc) is 3.22. The van der Waals surface area contributed by atoms with E-state index in [1.807, 2.05) is 12.1 Å². The molecule has 0 radical (unpaired) electrons. The van der Waals surface area contributed by atoms with Crippen LogP contribution in [-0.2, 0) is 5.41 Å². The monoisotopic (exact) mass is 317 g/mol. The predicted molar refractivity (Wildman–Crippen MR) is 86.6 cm³/mol. The van der Waals surface area contributed by atoms with E-state index in [0.717, 1.165) is 31.4 Å². The molecule has 1 aromatic carbocycles. The van der Waals surface area contributed by atoms with E-state index in [4.69, 9.17) is 4.74 Å². The van der Waals surface area contributed by atoms with Gasteiger partial charge in [0.2, 0.25) is 0 Å². The third-order valence-corrected chi connectivity index (χ3v) is 4.94. The van der Waals surface area contributed by atoms with Gasteiger partial charge in [0, 0.05) is 25.0 Å². The van der Waals surface area contributed by atoms with Crippen molar-refractivity contribution in [1.29, 1.82) is 0 Å². The van der Waals surface area contributed by atoms with Crippen molar-refractivity contribution in [3.05, 3.63) is 29.8 Å². The molecule has 6 nitrogen and oxygen atoms in total. The van der Waals surface area contributed by atoms with Gasteiger partial charge in [0.15, 0.2) is 0 Å². The lowest BCUT2D eigenvalue weighted by Gasteiger charge is -2.30. The molecule has 3 rings (SSSR count). The number of benzene rings is 1. The Morgan fingerprint density at radius 2 is 2.00 bits per heavy atom. The third kappa shape index (κ3) is 3.11. The molecule has 6 heteroatoms.